The van der Waals surface area contributed by atoms with Crippen LogP contribution in [0.5, 0.6) is 0 Å². The third kappa shape index (κ3) is 4.96. The molecule has 2 aliphatic rings. The average molecular weight is 441 g/mol. The maximum Gasteiger partial charge on any atom is 0.253 e. The molecular formula is C24H29FN4O3. The molecule has 1 aromatic heterocycles. The number of amides is 2. The quantitative estimate of drug-likeness (QED) is 0.731. The van der Waals surface area contributed by atoms with E-state index in [1.807, 2.05) is 18.7 Å². The molecule has 1 unspecified atom stereocenters. The van der Waals surface area contributed by atoms with Gasteiger partial charge >= 0.3 is 0 Å². The maximum absolute atomic E-state index is 13.5. The van der Waals surface area contributed by atoms with Crippen molar-refractivity contribution in [2.24, 2.45) is 0 Å². The summed E-state index contributed by atoms with van der Waals surface area (Å²) in [6.45, 7) is 7.35. The van der Waals surface area contributed by atoms with Crippen molar-refractivity contribution in [3.8, 4) is 0 Å². The molecule has 4 rings (SSSR count). The molecule has 0 N–H and O–H groups in total. The zero-order valence-electron chi connectivity index (χ0n) is 18.6. The van der Waals surface area contributed by atoms with E-state index >= 15 is 0 Å². The van der Waals surface area contributed by atoms with Crippen molar-refractivity contribution >= 4 is 11.8 Å². The highest BCUT2D eigenvalue weighted by Gasteiger charge is 2.28. The lowest BCUT2D eigenvalue weighted by molar-refractivity contribution is -0.134. The van der Waals surface area contributed by atoms with E-state index < -0.39 is 5.82 Å². The van der Waals surface area contributed by atoms with E-state index in [4.69, 9.17) is 14.7 Å². The number of hydrogen-bond acceptors (Lipinski definition) is 5. The van der Waals surface area contributed by atoms with Crippen LogP contribution < -0.4 is 0 Å². The minimum atomic E-state index is -0.416. The summed E-state index contributed by atoms with van der Waals surface area (Å²) in [5.41, 5.74) is 2.84. The Hall–Kier alpha value is -2.87. The van der Waals surface area contributed by atoms with Crippen molar-refractivity contribution in [2.45, 2.75) is 39.0 Å². The first-order valence-electron chi connectivity index (χ1n) is 11.2. The number of ether oxygens (including phenoxy) is 1. The molecule has 1 aromatic carbocycles. The second kappa shape index (κ2) is 9.73. The van der Waals surface area contributed by atoms with Crippen molar-refractivity contribution < 1.29 is 18.7 Å². The molecule has 2 aliphatic heterocycles. The van der Waals surface area contributed by atoms with Gasteiger partial charge in [-0.1, -0.05) is 6.07 Å². The Labute approximate surface area is 187 Å². The number of piperidine rings is 1. The molecule has 0 bridgehead atoms. The van der Waals surface area contributed by atoms with Gasteiger partial charge in [0, 0.05) is 54.6 Å². The van der Waals surface area contributed by atoms with Crippen LogP contribution >= 0.6 is 0 Å². The fourth-order valence-corrected chi connectivity index (χ4v) is 4.46. The number of halogens is 1. The van der Waals surface area contributed by atoms with E-state index in [1.54, 1.807) is 17.0 Å². The zero-order valence-corrected chi connectivity index (χ0v) is 18.6. The monoisotopic (exact) mass is 440 g/mol. The number of rotatable bonds is 4. The van der Waals surface area contributed by atoms with Gasteiger partial charge in [0.2, 0.25) is 5.91 Å². The van der Waals surface area contributed by atoms with Gasteiger partial charge in [-0.25, -0.2) is 14.4 Å². The molecule has 0 radical (unpaired) electrons. The van der Waals surface area contributed by atoms with Crippen LogP contribution in [0.1, 0.15) is 51.9 Å². The Kier molecular flexibility index (Phi) is 6.79. The van der Waals surface area contributed by atoms with Gasteiger partial charge in [0.15, 0.2) is 0 Å². The van der Waals surface area contributed by atoms with Gasteiger partial charge in [0.1, 0.15) is 11.6 Å². The zero-order chi connectivity index (χ0) is 22.7. The Bertz CT molecular complexity index is 983. The summed E-state index contributed by atoms with van der Waals surface area (Å²) in [6, 6.07) is 5.80. The first-order chi connectivity index (χ1) is 15.4. The molecule has 2 amide bonds. The minimum Gasteiger partial charge on any atom is -0.378 e. The van der Waals surface area contributed by atoms with Crippen LogP contribution in [0.4, 0.5) is 4.39 Å². The molecule has 2 fully saturated rings. The highest BCUT2D eigenvalue weighted by Crippen LogP contribution is 2.27. The highest BCUT2D eigenvalue weighted by atomic mass is 19.1. The molecule has 0 aliphatic carbocycles. The molecule has 0 spiro atoms. The van der Waals surface area contributed by atoms with Gasteiger partial charge in [-0.2, -0.15) is 0 Å². The van der Waals surface area contributed by atoms with Crippen molar-refractivity contribution in [3.63, 3.8) is 0 Å². The molecule has 3 heterocycles. The molecule has 1 atom stereocenters. The maximum atomic E-state index is 13.5. The number of hydrogen-bond donors (Lipinski definition) is 0. The Morgan fingerprint density at radius 2 is 1.81 bits per heavy atom. The Morgan fingerprint density at radius 1 is 1.09 bits per heavy atom. The second-order valence-electron chi connectivity index (χ2n) is 8.50. The van der Waals surface area contributed by atoms with Crippen LogP contribution in [0.25, 0.3) is 0 Å². The number of carbonyl (C=O) groups is 2. The standard InChI is InChI=1S/C24H29FN4O3/c1-16-21(14-22(30)28-9-11-32-12-10-28)17(2)27-23(26-16)19-6-4-8-29(15-19)24(31)18-5-3-7-20(25)13-18/h3,5,7,13,19H,4,6,8-12,14-15H2,1-2H3. The number of morpholine rings is 1. The number of aromatic nitrogens is 2. The highest BCUT2D eigenvalue weighted by molar-refractivity contribution is 5.94. The van der Waals surface area contributed by atoms with Crippen molar-refractivity contribution in [1.29, 1.82) is 0 Å². The SMILES string of the molecule is Cc1nc(C2CCCN(C(=O)c3cccc(F)c3)C2)nc(C)c1CC(=O)N1CCOCC1. The summed E-state index contributed by atoms with van der Waals surface area (Å²) in [5, 5.41) is 0. The van der Waals surface area contributed by atoms with Gasteiger partial charge < -0.3 is 14.5 Å². The predicted octanol–water partition coefficient (Wildman–Crippen LogP) is 2.65. The first kappa shape index (κ1) is 22.3. The Balaban J connectivity index is 1.47. The third-order valence-corrected chi connectivity index (χ3v) is 6.28. The summed E-state index contributed by atoms with van der Waals surface area (Å²) >= 11 is 0. The molecule has 7 nitrogen and oxygen atoms in total. The number of likely N-dealkylation sites (tertiary alicyclic amines) is 1. The van der Waals surface area contributed by atoms with E-state index in [0.29, 0.717) is 50.8 Å². The summed E-state index contributed by atoms with van der Waals surface area (Å²) in [5.74, 6) is 0.207. The molecule has 0 saturated carbocycles. The van der Waals surface area contributed by atoms with Crippen LogP contribution in [0, 0.1) is 19.7 Å². The summed E-state index contributed by atoms with van der Waals surface area (Å²) < 4.78 is 18.9. The van der Waals surface area contributed by atoms with Crippen molar-refractivity contribution in [1.82, 2.24) is 19.8 Å². The largest absolute Gasteiger partial charge is 0.378 e. The third-order valence-electron chi connectivity index (χ3n) is 6.28. The van der Waals surface area contributed by atoms with Crippen LogP contribution in [0.15, 0.2) is 24.3 Å². The topological polar surface area (TPSA) is 75.6 Å². The molecule has 2 saturated heterocycles. The minimum absolute atomic E-state index is 0.0163. The molecule has 8 heteroatoms. The lowest BCUT2D eigenvalue weighted by atomic mass is 9.95. The van der Waals surface area contributed by atoms with E-state index in [9.17, 15) is 14.0 Å². The van der Waals surface area contributed by atoms with Crippen molar-refractivity contribution in [3.05, 3.63) is 58.4 Å². The second-order valence-corrected chi connectivity index (χ2v) is 8.50. The lowest BCUT2D eigenvalue weighted by Crippen LogP contribution is -2.41. The smallest absolute Gasteiger partial charge is 0.253 e. The van der Waals surface area contributed by atoms with E-state index in [-0.39, 0.29) is 24.2 Å². The molecular weight excluding hydrogens is 411 g/mol. The van der Waals surface area contributed by atoms with Gasteiger partial charge in [-0.05, 0) is 44.9 Å². The number of aryl methyl sites for hydroxylation is 2. The van der Waals surface area contributed by atoms with E-state index in [0.717, 1.165) is 29.8 Å². The fraction of sp³-hybridized carbons (Fsp3) is 0.500. The van der Waals surface area contributed by atoms with Crippen LogP contribution in [0.2, 0.25) is 0 Å². The van der Waals surface area contributed by atoms with Gasteiger partial charge in [0.25, 0.3) is 5.91 Å². The average Bonchev–Trinajstić information content (AvgIpc) is 2.81. The first-order valence-corrected chi connectivity index (χ1v) is 11.2. The summed E-state index contributed by atoms with van der Waals surface area (Å²) in [7, 11) is 0. The lowest BCUT2D eigenvalue weighted by Gasteiger charge is -2.32. The van der Waals surface area contributed by atoms with E-state index in [2.05, 4.69) is 0 Å². The van der Waals surface area contributed by atoms with Gasteiger partial charge in [-0.15, -0.1) is 0 Å². The van der Waals surface area contributed by atoms with E-state index in [1.165, 1.54) is 12.1 Å². The normalized spacial score (nSPS) is 19.2. The van der Waals surface area contributed by atoms with Gasteiger partial charge in [-0.3, -0.25) is 9.59 Å². The number of carbonyl (C=O) groups excluding carboxylic acids is 2. The number of benzene rings is 1. The van der Waals surface area contributed by atoms with Crippen molar-refractivity contribution in [2.75, 3.05) is 39.4 Å². The fourth-order valence-electron chi connectivity index (χ4n) is 4.46. The molecule has 170 valence electrons. The molecule has 2 aromatic rings. The predicted molar refractivity (Wildman–Crippen MR) is 117 cm³/mol. The Morgan fingerprint density at radius 3 is 2.50 bits per heavy atom. The summed E-state index contributed by atoms with van der Waals surface area (Å²) in [4.78, 5) is 38.6. The van der Waals surface area contributed by atoms with Crippen LogP contribution in [-0.2, 0) is 16.0 Å². The van der Waals surface area contributed by atoms with Crippen LogP contribution in [-0.4, -0.2) is 71.0 Å². The summed E-state index contributed by atoms with van der Waals surface area (Å²) in [6.07, 6.45) is 2.01. The van der Waals surface area contributed by atoms with Gasteiger partial charge in [0.05, 0.1) is 19.6 Å². The number of nitrogens with zero attached hydrogens (tertiary/aromatic N) is 4. The van der Waals surface area contributed by atoms with Crippen LogP contribution in [0.3, 0.4) is 0 Å². The molecule has 32 heavy (non-hydrogen) atoms.